The second-order valence-electron chi connectivity index (χ2n) is 12.6. The summed E-state index contributed by atoms with van der Waals surface area (Å²) >= 11 is 0. The van der Waals surface area contributed by atoms with Crippen LogP contribution in [0.2, 0.25) is 0 Å². The van der Waals surface area contributed by atoms with Crippen LogP contribution in [0.25, 0.3) is 0 Å². The molecule has 0 N–H and O–H groups in total. The lowest BCUT2D eigenvalue weighted by Crippen LogP contribution is -2.81. The molecule has 1 aromatic heterocycles. The van der Waals surface area contributed by atoms with Crippen LogP contribution in [-0.4, -0.2) is 11.9 Å². The first-order valence-corrected chi connectivity index (χ1v) is 16.2. The van der Waals surface area contributed by atoms with E-state index in [1.165, 1.54) is 0 Å². The highest BCUT2D eigenvalue weighted by molar-refractivity contribution is 7.20. The predicted octanol–water partition coefficient (Wildman–Crippen LogP) is 8.01. The largest absolute Gasteiger partial charge is 0.287 e. The minimum atomic E-state index is -7.22. The molecule has 0 amide bonds. The van der Waals surface area contributed by atoms with Gasteiger partial charge in [0.25, 0.3) is 0 Å². The van der Waals surface area contributed by atoms with E-state index in [-0.39, 0.29) is 5.78 Å². The first-order valence-electron chi connectivity index (χ1n) is 16.2. The van der Waals surface area contributed by atoms with E-state index in [0.29, 0.717) is 6.54 Å². The highest BCUT2D eigenvalue weighted by atomic mass is 19.2. The summed E-state index contributed by atoms with van der Waals surface area (Å²) in [6, 6.07) is 13.5. The van der Waals surface area contributed by atoms with Crippen LogP contribution in [-0.2, 0) is 6.54 Å². The van der Waals surface area contributed by atoms with Crippen molar-refractivity contribution in [3.05, 3.63) is 182 Å². The summed E-state index contributed by atoms with van der Waals surface area (Å²) < 4.78 is 296. The van der Waals surface area contributed by atoms with Gasteiger partial charge in [0, 0.05) is 17.7 Å². The van der Waals surface area contributed by atoms with Gasteiger partial charge in [0.05, 0.1) is 0 Å². The zero-order chi connectivity index (χ0) is 45.7. The molecule has 0 spiro atoms. The topological polar surface area (TPSA) is 20.9 Å². The molecule has 6 rings (SSSR count). The summed E-state index contributed by atoms with van der Waals surface area (Å²) in [5.74, 6) is -71.3. The van der Waals surface area contributed by atoms with Gasteiger partial charge in [-0.3, -0.25) is 4.79 Å². The smallest absolute Gasteiger partial charge is 0.227 e. The van der Waals surface area contributed by atoms with Crippen molar-refractivity contribution < 1.29 is 97.2 Å². The van der Waals surface area contributed by atoms with Gasteiger partial charge in [0.1, 0.15) is 52.7 Å². The Morgan fingerprint density at radius 2 is 0.623 bits per heavy atom. The molecule has 61 heavy (non-hydrogen) atoms. The maximum atomic E-state index is 15.4. The third-order valence-electron chi connectivity index (χ3n) is 9.26. The normalized spacial score (nSPS) is 11.5. The van der Waals surface area contributed by atoms with Gasteiger partial charge in [0.15, 0.2) is 82.2 Å². The molecule has 0 fully saturated rings. The van der Waals surface area contributed by atoms with Crippen molar-refractivity contribution in [1.82, 2.24) is 0 Å². The van der Waals surface area contributed by atoms with Crippen LogP contribution in [0.4, 0.5) is 87.8 Å². The number of carbonyl (C=O) groups is 1. The molecular formula is C38H14BF20NO. The van der Waals surface area contributed by atoms with Crippen LogP contribution < -0.4 is 26.4 Å². The molecule has 0 saturated carbocycles. The maximum absolute atomic E-state index is 15.4. The summed E-state index contributed by atoms with van der Waals surface area (Å²) in [5, 5.41) is 0. The third-order valence-corrected chi connectivity index (χ3v) is 9.26. The van der Waals surface area contributed by atoms with Gasteiger partial charge < -0.3 is 0 Å². The Morgan fingerprint density at radius 3 is 0.885 bits per heavy atom. The number of halogens is 20. The summed E-state index contributed by atoms with van der Waals surface area (Å²) in [6.45, 7) is 2.36. The average Bonchev–Trinajstić information content (AvgIpc) is 3.24. The minimum absolute atomic E-state index is 0.148. The second kappa shape index (κ2) is 16.9. The number of Topliss-reactive ketones (excluding diaryl/α,β-unsaturated/α-hetero) is 1. The zero-order valence-corrected chi connectivity index (χ0v) is 29.4. The molecule has 320 valence electrons. The molecule has 0 unspecified atom stereocenters. The highest BCUT2D eigenvalue weighted by Crippen LogP contribution is 2.30. The van der Waals surface area contributed by atoms with Crippen molar-refractivity contribution >= 4 is 33.8 Å². The first kappa shape index (κ1) is 45.7. The van der Waals surface area contributed by atoms with Gasteiger partial charge in [-0.2, -0.15) is 4.57 Å². The number of nitrogens with zero attached hydrogens (tertiary/aromatic N) is 1. The third kappa shape index (κ3) is 7.21. The number of hydrogen-bond acceptors (Lipinski definition) is 1. The van der Waals surface area contributed by atoms with Gasteiger partial charge in [-0.1, -0.05) is 30.3 Å². The SMILES string of the molecule is Cc1ccccc1C(=O)C[n+]1ccccc1.Fc1c(F)c(F)c([B-](c2c(F)c(F)c(F)c(F)c2F)(c2c(F)c(F)c(F)c(F)c2F)c2c(F)c(F)c(F)c(F)c2F)c(F)c1F. The monoisotopic (exact) mass is 891 g/mol. The van der Waals surface area contributed by atoms with Crippen molar-refractivity contribution in [3.8, 4) is 0 Å². The average molecular weight is 891 g/mol. The lowest BCUT2D eigenvalue weighted by atomic mass is 9.12. The van der Waals surface area contributed by atoms with Gasteiger partial charge >= 0.3 is 0 Å². The fourth-order valence-corrected chi connectivity index (χ4v) is 6.55. The Labute approximate surface area is 326 Å². The number of ketones is 1. The molecule has 0 saturated heterocycles. The Kier molecular flexibility index (Phi) is 12.7. The molecule has 6 aromatic rings. The quantitative estimate of drug-likeness (QED) is 0.0398. The van der Waals surface area contributed by atoms with E-state index in [0.717, 1.165) is 11.1 Å². The Bertz CT molecular complexity index is 2380. The van der Waals surface area contributed by atoms with E-state index in [9.17, 15) is 57.5 Å². The fourth-order valence-electron chi connectivity index (χ4n) is 6.55. The van der Waals surface area contributed by atoms with Gasteiger partial charge in [-0.05, 0) is 12.5 Å². The molecule has 0 aliphatic rings. The van der Waals surface area contributed by atoms with E-state index in [1.807, 2.05) is 66.3 Å². The van der Waals surface area contributed by atoms with Crippen molar-refractivity contribution in [2.75, 3.05) is 0 Å². The van der Waals surface area contributed by atoms with E-state index in [2.05, 4.69) is 0 Å². The van der Waals surface area contributed by atoms with Crippen molar-refractivity contribution in [1.29, 1.82) is 0 Å². The Hall–Kier alpha value is -6.42. The number of aryl methyl sites for hydroxylation is 1. The van der Waals surface area contributed by atoms with E-state index < -0.39 is 144 Å². The number of rotatable bonds is 7. The predicted molar refractivity (Wildman–Crippen MR) is 171 cm³/mol. The van der Waals surface area contributed by atoms with Crippen LogP contribution in [0.1, 0.15) is 15.9 Å². The molecule has 0 bridgehead atoms. The summed E-state index contributed by atoms with van der Waals surface area (Å²) in [5.41, 5.74) is -12.5. The van der Waals surface area contributed by atoms with Gasteiger partial charge in [-0.15, -0.1) is 21.9 Å². The van der Waals surface area contributed by atoms with Gasteiger partial charge in [0.2, 0.25) is 12.3 Å². The number of benzene rings is 5. The summed E-state index contributed by atoms with van der Waals surface area (Å²) in [7, 11) is 0. The summed E-state index contributed by atoms with van der Waals surface area (Å²) in [4.78, 5) is 12.0. The van der Waals surface area contributed by atoms with Crippen LogP contribution >= 0.6 is 0 Å². The first-order chi connectivity index (χ1) is 28.5. The van der Waals surface area contributed by atoms with Crippen LogP contribution in [0.15, 0.2) is 54.9 Å². The van der Waals surface area contributed by atoms with E-state index in [4.69, 9.17) is 0 Å². The molecule has 2 nitrogen and oxygen atoms in total. The minimum Gasteiger partial charge on any atom is -0.287 e. The summed E-state index contributed by atoms with van der Waals surface area (Å²) in [6.07, 6.45) is -3.42. The van der Waals surface area contributed by atoms with Crippen LogP contribution in [0.3, 0.4) is 0 Å². The van der Waals surface area contributed by atoms with E-state index in [1.54, 1.807) is 0 Å². The number of aromatic nitrogens is 1. The molecule has 0 atom stereocenters. The second-order valence-corrected chi connectivity index (χ2v) is 12.6. The Morgan fingerprint density at radius 1 is 0.377 bits per heavy atom. The molecule has 1 heterocycles. The van der Waals surface area contributed by atoms with Crippen molar-refractivity contribution in [3.63, 3.8) is 0 Å². The van der Waals surface area contributed by atoms with Crippen LogP contribution in [0, 0.1) is 123 Å². The Balaban J connectivity index is 0.000000366. The van der Waals surface area contributed by atoms with E-state index >= 15 is 35.1 Å². The fraction of sp³-hybridized carbons (Fsp3) is 0.0526. The zero-order valence-electron chi connectivity index (χ0n) is 29.4. The highest BCUT2D eigenvalue weighted by Gasteiger charge is 2.52. The van der Waals surface area contributed by atoms with Gasteiger partial charge in [-0.25, -0.2) is 87.8 Å². The molecule has 0 aliphatic heterocycles. The molecular weight excluding hydrogens is 877 g/mol. The number of pyridine rings is 1. The lowest BCUT2D eigenvalue weighted by Gasteiger charge is -2.44. The maximum Gasteiger partial charge on any atom is 0.227 e. The standard InChI is InChI=1S/C24BF20.C14H14NO/c26-5-1(6(27)14(35)21(42)13(5)34)25(2-7(28)15(36)22(43)16(37)8(2)29,3-9(30)17(38)23(44)18(39)10(3)31)4-11(32)19(40)24(45)20(41)12(4)33;1-12-7-3-4-8-13(12)14(16)11-15-9-5-2-6-10-15/h;2-10H,11H2,1H3/q-1;+1. The van der Waals surface area contributed by atoms with Crippen molar-refractivity contribution in [2.24, 2.45) is 0 Å². The van der Waals surface area contributed by atoms with Crippen molar-refractivity contribution in [2.45, 2.75) is 13.5 Å². The molecule has 5 aromatic carbocycles. The van der Waals surface area contributed by atoms with Crippen LogP contribution in [0.5, 0.6) is 0 Å². The molecule has 23 heteroatoms. The molecule has 0 aliphatic carbocycles. The number of carbonyl (C=O) groups excluding carboxylic acids is 1. The number of hydrogen-bond donors (Lipinski definition) is 0. The molecule has 0 radical (unpaired) electrons. The lowest BCUT2D eigenvalue weighted by molar-refractivity contribution is -0.683.